The average molecular weight is 506 g/mol. The Hall–Kier alpha value is -2.76. The van der Waals surface area contributed by atoms with Crippen LogP contribution in [0.1, 0.15) is 57.3 Å². The van der Waals surface area contributed by atoms with E-state index < -0.39 is 21.9 Å². The van der Waals surface area contributed by atoms with Crippen molar-refractivity contribution in [3.05, 3.63) is 45.8 Å². The van der Waals surface area contributed by atoms with Crippen LogP contribution in [0.3, 0.4) is 0 Å². The maximum Gasteiger partial charge on any atom is 0.341 e. The number of piperidine rings is 1. The molecule has 34 heavy (non-hydrogen) atoms. The Morgan fingerprint density at radius 1 is 1.03 bits per heavy atom. The number of nitrogens with zero attached hydrogens (tertiary/aromatic N) is 2. The van der Waals surface area contributed by atoms with Crippen molar-refractivity contribution in [3.63, 3.8) is 0 Å². The summed E-state index contributed by atoms with van der Waals surface area (Å²) < 4.78 is 32.1. The number of fused-ring (bicyclic) bond motifs is 1. The van der Waals surface area contributed by atoms with Crippen LogP contribution in [0, 0.1) is 0 Å². The molecule has 182 valence electrons. The number of anilines is 1. The van der Waals surface area contributed by atoms with Crippen molar-refractivity contribution < 1.29 is 27.5 Å². The third-order valence-electron chi connectivity index (χ3n) is 6.19. The molecule has 0 aliphatic carbocycles. The Bertz CT molecular complexity index is 1210. The van der Waals surface area contributed by atoms with Gasteiger partial charge in [0, 0.05) is 37.0 Å². The van der Waals surface area contributed by atoms with Crippen LogP contribution >= 0.6 is 11.3 Å². The number of nitrogens with one attached hydrogen (secondary N) is 1. The number of hydrogen-bond acceptors (Lipinski definition) is 7. The van der Waals surface area contributed by atoms with E-state index in [0.29, 0.717) is 43.2 Å². The summed E-state index contributed by atoms with van der Waals surface area (Å²) in [5, 5.41) is 3.14. The van der Waals surface area contributed by atoms with E-state index in [4.69, 9.17) is 4.74 Å². The minimum absolute atomic E-state index is 0.0520. The van der Waals surface area contributed by atoms with Gasteiger partial charge in [-0.1, -0.05) is 6.42 Å². The van der Waals surface area contributed by atoms with Crippen molar-refractivity contribution in [2.45, 2.75) is 44.0 Å². The van der Waals surface area contributed by atoms with Crippen molar-refractivity contribution in [2.75, 3.05) is 32.1 Å². The lowest BCUT2D eigenvalue weighted by Crippen LogP contribution is -2.35. The van der Waals surface area contributed by atoms with Gasteiger partial charge in [-0.25, -0.2) is 13.2 Å². The lowest BCUT2D eigenvalue weighted by atomic mass is 10.0. The summed E-state index contributed by atoms with van der Waals surface area (Å²) >= 11 is 1.25. The Morgan fingerprint density at radius 2 is 1.71 bits per heavy atom. The molecule has 0 spiro atoms. The number of carbonyl (C=O) groups is 3. The first-order valence-electron chi connectivity index (χ1n) is 11.1. The summed E-state index contributed by atoms with van der Waals surface area (Å²) in [6, 6.07) is 5.80. The van der Waals surface area contributed by atoms with Gasteiger partial charge >= 0.3 is 5.97 Å². The molecule has 1 aromatic heterocycles. The highest BCUT2D eigenvalue weighted by atomic mass is 32.2. The number of methoxy groups -OCH3 is 1. The topological polar surface area (TPSA) is 113 Å². The zero-order valence-electron chi connectivity index (χ0n) is 19.1. The molecule has 1 fully saturated rings. The highest BCUT2D eigenvalue weighted by molar-refractivity contribution is 7.89. The normalized spacial score (nSPS) is 16.6. The predicted octanol–water partition coefficient (Wildman–Crippen LogP) is 2.87. The SMILES string of the molecule is COC(=O)c1c(NC(=O)c2ccc(S(=O)(=O)N3CCCCC3)cc2)sc2c1CCN(C(C)=O)C2. The van der Waals surface area contributed by atoms with Crippen molar-refractivity contribution in [1.29, 1.82) is 0 Å². The third kappa shape index (κ3) is 4.73. The fourth-order valence-electron chi connectivity index (χ4n) is 4.29. The molecule has 0 bridgehead atoms. The maximum absolute atomic E-state index is 12.9. The van der Waals surface area contributed by atoms with Crippen molar-refractivity contribution in [2.24, 2.45) is 0 Å². The summed E-state index contributed by atoms with van der Waals surface area (Å²) in [5.74, 6) is -1.06. The van der Waals surface area contributed by atoms with Crippen LogP contribution in [0.5, 0.6) is 0 Å². The first-order chi connectivity index (χ1) is 16.2. The second kappa shape index (κ2) is 9.85. The number of thiophene rings is 1. The summed E-state index contributed by atoms with van der Waals surface area (Å²) in [5.41, 5.74) is 1.36. The van der Waals surface area contributed by atoms with Crippen LogP contribution in [0.4, 0.5) is 5.00 Å². The largest absolute Gasteiger partial charge is 0.465 e. The first kappa shape index (κ1) is 24.4. The quantitative estimate of drug-likeness (QED) is 0.626. The fraction of sp³-hybridized carbons (Fsp3) is 0.435. The molecule has 2 aromatic rings. The molecule has 1 saturated heterocycles. The van der Waals surface area contributed by atoms with Gasteiger partial charge in [0.25, 0.3) is 5.91 Å². The molecule has 0 unspecified atom stereocenters. The highest BCUT2D eigenvalue weighted by Gasteiger charge is 2.30. The van der Waals surface area contributed by atoms with Crippen LogP contribution < -0.4 is 5.32 Å². The van der Waals surface area contributed by atoms with Gasteiger partial charge in [0.2, 0.25) is 15.9 Å². The Morgan fingerprint density at radius 3 is 2.32 bits per heavy atom. The molecule has 11 heteroatoms. The number of esters is 1. The lowest BCUT2D eigenvalue weighted by molar-refractivity contribution is -0.129. The Kier molecular flexibility index (Phi) is 7.06. The molecule has 3 heterocycles. The molecule has 0 saturated carbocycles. The van der Waals surface area contributed by atoms with Crippen molar-refractivity contribution in [1.82, 2.24) is 9.21 Å². The zero-order chi connectivity index (χ0) is 24.5. The average Bonchev–Trinajstić information content (AvgIpc) is 3.21. The van der Waals surface area contributed by atoms with Gasteiger partial charge in [0.05, 0.1) is 24.1 Å². The van der Waals surface area contributed by atoms with E-state index in [1.165, 1.54) is 53.9 Å². The van der Waals surface area contributed by atoms with Gasteiger partial charge < -0.3 is 15.0 Å². The number of hydrogen-bond donors (Lipinski definition) is 1. The van der Waals surface area contributed by atoms with E-state index in [9.17, 15) is 22.8 Å². The zero-order valence-corrected chi connectivity index (χ0v) is 20.8. The minimum Gasteiger partial charge on any atom is -0.465 e. The van der Waals surface area contributed by atoms with Gasteiger partial charge in [0.1, 0.15) is 5.00 Å². The van der Waals surface area contributed by atoms with E-state index in [2.05, 4.69) is 5.32 Å². The Labute approximate surface area is 202 Å². The van der Waals surface area contributed by atoms with E-state index in [1.807, 2.05) is 0 Å². The molecule has 0 atom stereocenters. The van der Waals surface area contributed by atoms with Crippen molar-refractivity contribution in [3.8, 4) is 0 Å². The molecule has 2 aliphatic rings. The first-order valence-corrected chi connectivity index (χ1v) is 13.4. The summed E-state index contributed by atoms with van der Waals surface area (Å²) in [7, 11) is -2.31. The second-order valence-corrected chi connectivity index (χ2v) is 11.4. The summed E-state index contributed by atoms with van der Waals surface area (Å²) in [6.45, 7) is 3.37. The van der Waals surface area contributed by atoms with Crippen LogP contribution in [0.2, 0.25) is 0 Å². The number of sulfonamides is 1. The van der Waals surface area contributed by atoms with Gasteiger partial charge in [-0.15, -0.1) is 11.3 Å². The predicted molar refractivity (Wildman–Crippen MR) is 127 cm³/mol. The molecule has 4 rings (SSSR count). The van der Waals surface area contributed by atoms with Crippen molar-refractivity contribution >= 4 is 44.1 Å². The molecule has 9 nitrogen and oxygen atoms in total. The van der Waals surface area contributed by atoms with E-state index >= 15 is 0 Å². The molecule has 2 aliphatic heterocycles. The fourth-order valence-corrected chi connectivity index (χ4v) is 7.05. The van der Waals surface area contributed by atoms with Gasteiger partial charge in [-0.2, -0.15) is 4.31 Å². The minimum atomic E-state index is -3.59. The highest BCUT2D eigenvalue weighted by Crippen LogP contribution is 2.38. The molecule has 0 radical (unpaired) electrons. The van der Waals surface area contributed by atoms with E-state index in [-0.39, 0.29) is 16.4 Å². The summed E-state index contributed by atoms with van der Waals surface area (Å²) in [4.78, 5) is 39.9. The van der Waals surface area contributed by atoms with Crippen LogP contribution in [0.25, 0.3) is 0 Å². The van der Waals surface area contributed by atoms with Crippen LogP contribution in [-0.4, -0.2) is 62.2 Å². The molecule has 1 N–H and O–H groups in total. The number of amides is 2. The van der Waals surface area contributed by atoms with E-state index in [0.717, 1.165) is 29.7 Å². The van der Waals surface area contributed by atoms with Crippen LogP contribution in [-0.2, 0) is 32.5 Å². The standard InChI is InChI=1S/C23H27N3O6S2/c1-15(27)25-13-10-18-19(14-25)33-22(20(18)23(29)32-2)24-21(28)16-6-8-17(9-7-16)34(30,31)26-11-4-3-5-12-26/h6-9H,3-5,10-14H2,1-2H3,(H,24,28). The third-order valence-corrected chi connectivity index (χ3v) is 9.23. The van der Waals surface area contributed by atoms with E-state index in [1.54, 1.807) is 4.90 Å². The summed E-state index contributed by atoms with van der Waals surface area (Å²) in [6.07, 6.45) is 3.21. The van der Waals surface area contributed by atoms with Crippen LogP contribution in [0.15, 0.2) is 29.2 Å². The number of carbonyl (C=O) groups excluding carboxylic acids is 3. The van der Waals surface area contributed by atoms with Gasteiger partial charge in [-0.3, -0.25) is 9.59 Å². The number of rotatable bonds is 5. The number of ether oxygens (including phenoxy) is 1. The Balaban J connectivity index is 1.56. The van der Waals surface area contributed by atoms with Gasteiger partial charge in [-0.05, 0) is 49.1 Å². The monoisotopic (exact) mass is 505 g/mol. The molecule has 2 amide bonds. The van der Waals surface area contributed by atoms with Gasteiger partial charge in [0.15, 0.2) is 0 Å². The lowest BCUT2D eigenvalue weighted by Gasteiger charge is -2.25. The molecule has 1 aromatic carbocycles. The molecular weight excluding hydrogens is 478 g/mol. The number of benzene rings is 1. The smallest absolute Gasteiger partial charge is 0.341 e. The maximum atomic E-state index is 12.9. The molecular formula is C23H27N3O6S2. The second-order valence-electron chi connectivity index (χ2n) is 8.33.